The molecule has 16 heavy (non-hydrogen) atoms. The van der Waals surface area contributed by atoms with Crippen molar-refractivity contribution >= 4 is 38.9 Å². The van der Waals surface area contributed by atoms with E-state index in [0.29, 0.717) is 16.4 Å². The van der Waals surface area contributed by atoms with Gasteiger partial charge < -0.3 is 5.32 Å². The van der Waals surface area contributed by atoms with Crippen molar-refractivity contribution in [3.05, 3.63) is 52.0 Å². The summed E-state index contributed by atoms with van der Waals surface area (Å²) in [7, 11) is 0. The quantitative estimate of drug-likeness (QED) is 0.890. The summed E-state index contributed by atoms with van der Waals surface area (Å²) in [5.41, 5.74) is 1.07. The Morgan fingerprint density at radius 1 is 1.25 bits per heavy atom. The topological polar surface area (TPSA) is 24.9 Å². The molecule has 0 radical (unpaired) electrons. The van der Waals surface area contributed by atoms with Gasteiger partial charge in [-0.15, -0.1) is 0 Å². The molecule has 1 aromatic carbocycles. The molecule has 0 unspecified atom stereocenters. The molecule has 1 aromatic heterocycles. The second-order valence-corrected chi connectivity index (χ2v) is 4.49. The summed E-state index contributed by atoms with van der Waals surface area (Å²) >= 11 is 8.95. The summed E-state index contributed by atoms with van der Waals surface area (Å²) in [4.78, 5) is 3.97. The highest BCUT2D eigenvalue weighted by molar-refractivity contribution is 9.10. The summed E-state index contributed by atoms with van der Waals surface area (Å²) in [5.74, 6) is -0.396. The van der Waals surface area contributed by atoms with E-state index in [1.54, 1.807) is 30.6 Å². The van der Waals surface area contributed by atoms with Crippen LogP contribution in [0.4, 0.5) is 15.8 Å². The van der Waals surface area contributed by atoms with Crippen molar-refractivity contribution in [2.24, 2.45) is 0 Å². The Bertz CT molecular complexity index is 519. The van der Waals surface area contributed by atoms with Crippen molar-refractivity contribution in [1.29, 1.82) is 0 Å². The predicted octanol–water partition coefficient (Wildman–Crippen LogP) is 4.38. The predicted molar refractivity (Wildman–Crippen MR) is 66.6 cm³/mol. The molecule has 0 atom stereocenters. The van der Waals surface area contributed by atoms with Gasteiger partial charge in [0.25, 0.3) is 0 Å². The van der Waals surface area contributed by atoms with E-state index < -0.39 is 5.82 Å². The van der Waals surface area contributed by atoms with E-state index in [4.69, 9.17) is 11.6 Å². The normalized spacial score (nSPS) is 10.2. The van der Waals surface area contributed by atoms with Gasteiger partial charge in [0, 0.05) is 15.7 Å². The molecule has 0 saturated carbocycles. The fourth-order valence-electron chi connectivity index (χ4n) is 1.23. The molecule has 5 heteroatoms. The highest BCUT2D eigenvalue weighted by Gasteiger charge is 2.03. The van der Waals surface area contributed by atoms with Gasteiger partial charge in [-0.25, -0.2) is 4.39 Å². The highest BCUT2D eigenvalue weighted by atomic mass is 79.9. The van der Waals surface area contributed by atoms with Crippen LogP contribution >= 0.6 is 27.5 Å². The maximum atomic E-state index is 13.5. The Hall–Kier alpha value is -1.13. The fourth-order valence-corrected chi connectivity index (χ4v) is 1.75. The average molecular weight is 302 g/mol. The summed E-state index contributed by atoms with van der Waals surface area (Å²) < 4.78 is 14.3. The van der Waals surface area contributed by atoms with E-state index in [1.165, 1.54) is 6.07 Å². The Balaban J connectivity index is 2.27. The molecule has 0 aliphatic rings. The van der Waals surface area contributed by atoms with Crippen LogP contribution in [0.3, 0.4) is 0 Å². The van der Waals surface area contributed by atoms with Gasteiger partial charge in [0.15, 0.2) is 0 Å². The smallest absolute Gasteiger partial charge is 0.148 e. The van der Waals surface area contributed by atoms with Gasteiger partial charge in [0.1, 0.15) is 5.82 Å². The monoisotopic (exact) mass is 300 g/mol. The number of benzene rings is 1. The van der Waals surface area contributed by atoms with Crippen LogP contribution in [-0.2, 0) is 0 Å². The third-order valence-corrected chi connectivity index (χ3v) is 2.58. The first-order valence-electron chi connectivity index (χ1n) is 4.48. The van der Waals surface area contributed by atoms with E-state index in [2.05, 4.69) is 26.2 Å². The van der Waals surface area contributed by atoms with Crippen LogP contribution in [-0.4, -0.2) is 4.98 Å². The maximum Gasteiger partial charge on any atom is 0.148 e. The lowest BCUT2D eigenvalue weighted by Crippen LogP contribution is -1.94. The second-order valence-electron chi connectivity index (χ2n) is 3.14. The van der Waals surface area contributed by atoms with Crippen molar-refractivity contribution in [2.75, 3.05) is 5.32 Å². The summed E-state index contributed by atoms with van der Waals surface area (Å²) in [6, 6.07) is 6.27. The number of rotatable bonds is 2. The van der Waals surface area contributed by atoms with Crippen molar-refractivity contribution < 1.29 is 4.39 Å². The zero-order valence-corrected chi connectivity index (χ0v) is 10.4. The SMILES string of the molecule is Fc1cc(Cl)ccc1Nc1cncc(Br)c1. The van der Waals surface area contributed by atoms with Crippen molar-refractivity contribution in [3.8, 4) is 0 Å². The molecule has 2 rings (SSSR count). The van der Waals surface area contributed by atoms with Crippen LogP contribution in [0, 0.1) is 5.82 Å². The fraction of sp³-hybridized carbons (Fsp3) is 0. The van der Waals surface area contributed by atoms with E-state index in [9.17, 15) is 4.39 Å². The highest BCUT2D eigenvalue weighted by Crippen LogP contribution is 2.23. The lowest BCUT2D eigenvalue weighted by atomic mass is 10.3. The molecule has 0 bridgehead atoms. The van der Waals surface area contributed by atoms with E-state index in [0.717, 1.165) is 4.47 Å². The minimum absolute atomic E-state index is 0.365. The molecule has 0 saturated heterocycles. The number of pyridine rings is 1. The number of anilines is 2. The van der Waals surface area contributed by atoms with Gasteiger partial charge >= 0.3 is 0 Å². The minimum Gasteiger partial charge on any atom is -0.352 e. The first kappa shape index (κ1) is 11.4. The standard InChI is InChI=1S/C11H7BrClFN2/c12-7-3-9(6-15-5-7)16-11-2-1-8(13)4-10(11)14/h1-6,16H. The van der Waals surface area contributed by atoms with Gasteiger partial charge in [0.05, 0.1) is 17.6 Å². The first-order chi connectivity index (χ1) is 7.65. The van der Waals surface area contributed by atoms with Gasteiger partial charge in [0.2, 0.25) is 0 Å². The number of nitrogens with one attached hydrogen (secondary N) is 1. The van der Waals surface area contributed by atoms with Gasteiger partial charge in [-0.2, -0.15) is 0 Å². The molecular formula is C11H7BrClFN2. The van der Waals surface area contributed by atoms with Crippen molar-refractivity contribution in [1.82, 2.24) is 4.98 Å². The average Bonchev–Trinajstić information content (AvgIpc) is 2.22. The minimum atomic E-state index is -0.396. The number of halogens is 3. The van der Waals surface area contributed by atoms with Crippen LogP contribution in [0.25, 0.3) is 0 Å². The number of nitrogens with zero attached hydrogens (tertiary/aromatic N) is 1. The molecule has 0 amide bonds. The van der Waals surface area contributed by atoms with Crippen molar-refractivity contribution in [2.45, 2.75) is 0 Å². The molecular weight excluding hydrogens is 294 g/mol. The molecule has 2 aromatic rings. The number of aromatic nitrogens is 1. The van der Waals surface area contributed by atoms with Crippen LogP contribution < -0.4 is 5.32 Å². The number of hydrogen-bond donors (Lipinski definition) is 1. The second kappa shape index (κ2) is 4.80. The van der Waals surface area contributed by atoms with E-state index in [1.807, 2.05) is 0 Å². The Morgan fingerprint density at radius 2 is 2.06 bits per heavy atom. The van der Waals surface area contributed by atoms with Gasteiger partial charge in [-0.3, -0.25) is 4.98 Å². The Labute approximate surface area is 106 Å². The van der Waals surface area contributed by atoms with Gasteiger partial charge in [-0.05, 0) is 40.2 Å². The third kappa shape index (κ3) is 2.71. The van der Waals surface area contributed by atoms with E-state index in [-0.39, 0.29) is 0 Å². The van der Waals surface area contributed by atoms with E-state index >= 15 is 0 Å². The maximum absolute atomic E-state index is 13.5. The van der Waals surface area contributed by atoms with Crippen LogP contribution in [0.2, 0.25) is 5.02 Å². The number of hydrogen-bond acceptors (Lipinski definition) is 2. The summed E-state index contributed by atoms with van der Waals surface area (Å²) in [6.45, 7) is 0. The molecule has 82 valence electrons. The van der Waals surface area contributed by atoms with Crippen LogP contribution in [0.15, 0.2) is 41.1 Å². The molecule has 0 spiro atoms. The van der Waals surface area contributed by atoms with Gasteiger partial charge in [-0.1, -0.05) is 11.6 Å². The molecule has 1 heterocycles. The molecule has 1 N–H and O–H groups in total. The van der Waals surface area contributed by atoms with Crippen LogP contribution in [0.5, 0.6) is 0 Å². The molecule has 0 aliphatic carbocycles. The lowest BCUT2D eigenvalue weighted by molar-refractivity contribution is 0.632. The summed E-state index contributed by atoms with van der Waals surface area (Å²) in [6.07, 6.45) is 3.27. The van der Waals surface area contributed by atoms with Crippen LogP contribution in [0.1, 0.15) is 0 Å². The molecule has 0 fully saturated rings. The largest absolute Gasteiger partial charge is 0.352 e. The Kier molecular flexibility index (Phi) is 3.41. The first-order valence-corrected chi connectivity index (χ1v) is 5.65. The molecule has 0 aliphatic heterocycles. The molecule has 2 nitrogen and oxygen atoms in total. The Morgan fingerprint density at radius 3 is 2.75 bits per heavy atom. The zero-order valence-electron chi connectivity index (χ0n) is 8.05. The van der Waals surface area contributed by atoms with Crippen molar-refractivity contribution in [3.63, 3.8) is 0 Å². The lowest BCUT2D eigenvalue weighted by Gasteiger charge is -2.07. The summed E-state index contributed by atoms with van der Waals surface area (Å²) in [5, 5.41) is 3.28. The zero-order chi connectivity index (χ0) is 11.5. The third-order valence-electron chi connectivity index (χ3n) is 1.92.